The summed E-state index contributed by atoms with van der Waals surface area (Å²) in [5.74, 6) is 2.08. The van der Waals surface area contributed by atoms with E-state index in [9.17, 15) is 0 Å². The van der Waals surface area contributed by atoms with Crippen molar-refractivity contribution in [1.29, 1.82) is 0 Å². The zero-order chi connectivity index (χ0) is 12.6. The molecule has 3 rings (SSSR count). The van der Waals surface area contributed by atoms with Crippen molar-refractivity contribution in [2.75, 3.05) is 26.2 Å². The summed E-state index contributed by atoms with van der Waals surface area (Å²) in [5, 5.41) is 3.71. The van der Waals surface area contributed by atoms with E-state index in [2.05, 4.69) is 24.1 Å². The summed E-state index contributed by atoms with van der Waals surface area (Å²) >= 11 is 0. The van der Waals surface area contributed by atoms with Gasteiger partial charge in [0, 0.05) is 32.2 Å². The maximum atomic E-state index is 3.71. The van der Waals surface area contributed by atoms with Crippen molar-refractivity contribution in [3.05, 3.63) is 0 Å². The zero-order valence-electron chi connectivity index (χ0n) is 12.3. The van der Waals surface area contributed by atoms with Gasteiger partial charge in [-0.25, -0.2) is 0 Å². The highest BCUT2D eigenvalue weighted by Crippen LogP contribution is 2.35. The maximum Gasteiger partial charge on any atom is 0.00684 e. The van der Waals surface area contributed by atoms with Crippen molar-refractivity contribution in [3.8, 4) is 0 Å². The fourth-order valence-corrected chi connectivity index (χ4v) is 2.90. The van der Waals surface area contributed by atoms with Gasteiger partial charge in [-0.1, -0.05) is 13.8 Å². The third-order valence-corrected chi connectivity index (χ3v) is 4.52. The molecule has 0 atom stereocenters. The zero-order valence-corrected chi connectivity index (χ0v) is 12.3. The molecule has 0 radical (unpaired) electrons. The van der Waals surface area contributed by atoms with Crippen molar-refractivity contribution in [1.82, 2.24) is 10.2 Å². The SMILES string of the molecule is CC(C)(CNC1CC1)CN(CC1CC1)CC1CC1. The van der Waals surface area contributed by atoms with Crippen LogP contribution in [0.5, 0.6) is 0 Å². The van der Waals surface area contributed by atoms with Crippen molar-refractivity contribution in [3.63, 3.8) is 0 Å². The highest BCUT2D eigenvalue weighted by Gasteiger charge is 2.32. The molecule has 0 spiro atoms. The maximum absolute atomic E-state index is 3.71. The van der Waals surface area contributed by atoms with Gasteiger partial charge in [0.2, 0.25) is 0 Å². The van der Waals surface area contributed by atoms with Crippen LogP contribution < -0.4 is 5.32 Å². The Morgan fingerprint density at radius 3 is 1.94 bits per heavy atom. The molecule has 0 unspecified atom stereocenters. The summed E-state index contributed by atoms with van der Waals surface area (Å²) in [6, 6.07) is 0.851. The van der Waals surface area contributed by atoms with E-state index in [4.69, 9.17) is 0 Å². The van der Waals surface area contributed by atoms with E-state index < -0.39 is 0 Å². The second kappa shape index (κ2) is 5.13. The minimum Gasteiger partial charge on any atom is -0.313 e. The van der Waals surface area contributed by atoms with Crippen LogP contribution in [0.2, 0.25) is 0 Å². The standard InChI is InChI=1S/C16H30N2/c1-16(2,11-17-15-7-8-15)12-18(9-13-3-4-13)10-14-5-6-14/h13-15,17H,3-12H2,1-2H3. The largest absolute Gasteiger partial charge is 0.313 e. The summed E-state index contributed by atoms with van der Waals surface area (Å²) in [6.07, 6.45) is 8.77. The lowest BCUT2D eigenvalue weighted by Crippen LogP contribution is -2.42. The Kier molecular flexibility index (Phi) is 3.68. The van der Waals surface area contributed by atoms with Gasteiger partial charge in [-0.15, -0.1) is 0 Å². The monoisotopic (exact) mass is 250 g/mol. The van der Waals surface area contributed by atoms with Gasteiger partial charge in [-0.05, 0) is 55.8 Å². The molecule has 0 heterocycles. The predicted octanol–water partition coefficient (Wildman–Crippen LogP) is 2.89. The van der Waals surface area contributed by atoms with Gasteiger partial charge in [-0.2, -0.15) is 0 Å². The van der Waals surface area contributed by atoms with Gasteiger partial charge < -0.3 is 10.2 Å². The fourth-order valence-electron chi connectivity index (χ4n) is 2.90. The lowest BCUT2D eigenvalue weighted by Gasteiger charge is -2.33. The third-order valence-electron chi connectivity index (χ3n) is 4.52. The first-order valence-electron chi connectivity index (χ1n) is 8.06. The van der Waals surface area contributed by atoms with Crippen LogP contribution in [0, 0.1) is 17.3 Å². The van der Waals surface area contributed by atoms with Gasteiger partial charge in [0.25, 0.3) is 0 Å². The molecule has 0 saturated heterocycles. The Hall–Kier alpha value is -0.0800. The Balaban J connectivity index is 1.44. The first kappa shape index (κ1) is 12.9. The molecule has 0 aromatic rings. The first-order valence-corrected chi connectivity index (χ1v) is 8.06. The van der Waals surface area contributed by atoms with E-state index in [0.29, 0.717) is 5.41 Å². The third kappa shape index (κ3) is 4.55. The number of hydrogen-bond acceptors (Lipinski definition) is 2. The van der Waals surface area contributed by atoms with Gasteiger partial charge in [0.1, 0.15) is 0 Å². The topological polar surface area (TPSA) is 15.3 Å². The molecule has 0 aromatic heterocycles. The lowest BCUT2D eigenvalue weighted by atomic mass is 9.92. The fraction of sp³-hybridized carbons (Fsp3) is 1.00. The minimum atomic E-state index is 0.437. The molecule has 0 bridgehead atoms. The van der Waals surface area contributed by atoms with Gasteiger partial charge in [0.15, 0.2) is 0 Å². The summed E-state index contributed by atoms with van der Waals surface area (Å²) in [4.78, 5) is 2.78. The Morgan fingerprint density at radius 2 is 1.50 bits per heavy atom. The van der Waals surface area contributed by atoms with Crippen molar-refractivity contribution < 1.29 is 0 Å². The second-order valence-corrected chi connectivity index (χ2v) is 7.90. The second-order valence-electron chi connectivity index (χ2n) is 7.90. The Morgan fingerprint density at radius 1 is 0.944 bits per heavy atom. The molecule has 0 amide bonds. The molecule has 2 nitrogen and oxygen atoms in total. The highest BCUT2D eigenvalue weighted by atomic mass is 15.1. The molecule has 2 heteroatoms. The van der Waals surface area contributed by atoms with E-state index >= 15 is 0 Å². The van der Waals surface area contributed by atoms with Gasteiger partial charge >= 0.3 is 0 Å². The van der Waals surface area contributed by atoms with E-state index in [1.54, 1.807) is 0 Å². The van der Waals surface area contributed by atoms with Crippen LogP contribution in [0.1, 0.15) is 52.4 Å². The Bertz CT molecular complexity index is 261. The number of rotatable bonds is 9. The summed E-state index contributed by atoms with van der Waals surface area (Å²) in [5.41, 5.74) is 0.437. The molecule has 104 valence electrons. The van der Waals surface area contributed by atoms with E-state index in [1.807, 2.05) is 0 Å². The highest BCUT2D eigenvalue weighted by molar-refractivity contribution is 4.88. The number of hydrogen-bond donors (Lipinski definition) is 1. The molecular weight excluding hydrogens is 220 g/mol. The van der Waals surface area contributed by atoms with Crippen LogP contribution in [0.4, 0.5) is 0 Å². The molecule has 3 aliphatic carbocycles. The van der Waals surface area contributed by atoms with Crippen molar-refractivity contribution in [2.45, 2.75) is 58.4 Å². The summed E-state index contributed by atoms with van der Waals surface area (Å²) in [7, 11) is 0. The molecule has 0 aliphatic heterocycles. The van der Waals surface area contributed by atoms with Gasteiger partial charge in [-0.3, -0.25) is 0 Å². The van der Waals surface area contributed by atoms with Crippen molar-refractivity contribution in [2.24, 2.45) is 17.3 Å². The van der Waals surface area contributed by atoms with Crippen LogP contribution >= 0.6 is 0 Å². The van der Waals surface area contributed by atoms with Crippen LogP contribution in [-0.2, 0) is 0 Å². The smallest absolute Gasteiger partial charge is 0.00684 e. The molecule has 18 heavy (non-hydrogen) atoms. The lowest BCUT2D eigenvalue weighted by molar-refractivity contribution is 0.162. The van der Waals surface area contributed by atoms with Crippen LogP contribution in [0.3, 0.4) is 0 Å². The molecule has 3 aliphatic rings. The van der Waals surface area contributed by atoms with Crippen LogP contribution in [-0.4, -0.2) is 37.1 Å². The average molecular weight is 250 g/mol. The van der Waals surface area contributed by atoms with E-state index in [0.717, 1.165) is 17.9 Å². The quantitative estimate of drug-likeness (QED) is 0.677. The van der Waals surface area contributed by atoms with Crippen molar-refractivity contribution >= 4 is 0 Å². The number of nitrogens with zero attached hydrogens (tertiary/aromatic N) is 1. The normalized spacial score (nSPS) is 24.8. The average Bonchev–Trinajstić information content (AvgIpc) is 3.06. The predicted molar refractivity (Wildman–Crippen MR) is 76.7 cm³/mol. The van der Waals surface area contributed by atoms with Crippen LogP contribution in [0.15, 0.2) is 0 Å². The number of nitrogens with one attached hydrogen (secondary N) is 1. The summed E-state index contributed by atoms with van der Waals surface area (Å²) < 4.78 is 0. The molecule has 1 N–H and O–H groups in total. The van der Waals surface area contributed by atoms with Gasteiger partial charge in [0.05, 0.1) is 0 Å². The minimum absolute atomic E-state index is 0.437. The molecule has 0 aromatic carbocycles. The van der Waals surface area contributed by atoms with E-state index in [1.165, 1.54) is 64.7 Å². The Labute approximate surface area is 113 Å². The summed E-state index contributed by atoms with van der Waals surface area (Å²) in [6.45, 7) is 10.1. The first-order chi connectivity index (χ1) is 8.61. The van der Waals surface area contributed by atoms with E-state index in [-0.39, 0.29) is 0 Å². The molecule has 3 saturated carbocycles. The van der Waals surface area contributed by atoms with Crippen LogP contribution in [0.25, 0.3) is 0 Å². The molecular formula is C16H30N2. The molecule has 3 fully saturated rings.